The van der Waals surface area contributed by atoms with Gasteiger partial charge in [-0.25, -0.2) is 4.39 Å². The van der Waals surface area contributed by atoms with Crippen LogP contribution in [0.4, 0.5) is 4.39 Å². The van der Waals surface area contributed by atoms with E-state index >= 15 is 4.39 Å². The molecule has 0 aliphatic heterocycles. The molecule has 0 amide bonds. The molecule has 22 heavy (non-hydrogen) atoms. The van der Waals surface area contributed by atoms with Crippen molar-refractivity contribution in [3.05, 3.63) is 0 Å². The van der Waals surface area contributed by atoms with Gasteiger partial charge < -0.3 is 5.11 Å². The molecule has 0 heterocycles. The van der Waals surface area contributed by atoms with Gasteiger partial charge in [0.25, 0.3) is 0 Å². The Kier molecular flexibility index (Phi) is 3.95. The van der Waals surface area contributed by atoms with E-state index in [1.54, 1.807) is 0 Å². The van der Waals surface area contributed by atoms with E-state index in [9.17, 15) is 5.11 Å². The molecule has 3 fully saturated rings. The van der Waals surface area contributed by atoms with Crippen molar-refractivity contribution < 1.29 is 9.50 Å². The third-order valence-electron chi connectivity index (χ3n) is 8.49. The zero-order valence-corrected chi connectivity index (χ0v) is 15.2. The first-order valence-electron chi connectivity index (χ1n) is 9.51. The molecule has 2 bridgehead atoms. The molecule has 0 saturated heterocycles. The number of hydrogen-bond donors (Lipinski definition) is 1. The van der Waals surface area contributed by atoms with E-state index in [2.05, 4.69) is 27.7 Å². The second-order valence-electron chi connectivity index (χ2n) is 9.75. The van der Waals surface area contributed by atoms with Gasteiger partial charge in [-0.2, -0.15) is 0 Å². The van der Waals surface area contributed by atoms with Crippen molar-refractivity contribution in [1.29, 1.82) is 0 Å². The lowest BCUT2D eigenvalue weighted by atomic mass is 9.47. The van der Waals surface area contributed by atoms with Crippen LogP contribution < -0.4 is 0 Å². The molecule has 3 aliphatic carbocycles. The molecule has 0 aromatic carbocycles. The maximum Gasteiger partial charge on any atom is 0.212 e. The minimum atomic E-state index is -1.97. The number of rotatable bonds is 0. The Morgan fingerprint density at radius 1 is 0.864 bits per heavy atom. The fraction of sp³-hybridized carbons (Fsp3) is 1.00. The number of fused-ring (bicyclic) bond motifs is 3. The van der Waals surface area contributed by atoms with Crippen LogP contribution in [0.5, 0.6) is 0 Å². The smallest absolute Gasteiger partial charge is 0.212 e. The first kappa shape index (κ1) is 16.7. The van der Waals surface area contributed by atoms with E-state index in [-0.39, 0.29) is 0 Å². The molecule has 3 rings (SSSR count). The minimum absolute atomic E-state index is 0.329. The zero-order valence-electron chi connectivity index (χ0n) is 15.2. The molecule has 0 aromatic heterocycles. The second-order valence-corrected chi connectivity index (χ2v) is 9.75. The van der Waals surface area contributed by atoms with Crippen LogP contribution in [0.2, 0.25) is 0 Å². The predicted molar refractivity (Wildman–Crippen MR) is 89.1 cm³/mol. The SMILES string of the molecule is C[C@@H]1CCC(O)(F)[C@@]2(C)CC[C@H]3[C@H](C)CC[C@@H](C[C@H]12)C3(C)C. The first-order valence-corrected chi connectivity index (χ1v) is 9.51. The van der Waals surface area contributed by atoms with Crippen LogP contribution in [-0.4, -0.2) is 11.0 Å². The van der Waals surface area contributed by atoms with Gasteiger partial charge in [0, 0.05) is 11.8 Å². The van der Waals surface area contributed by atoms with Gasteiger partial charge in [-0.05, 0) is 67.1 Å². The molecule has 1 N–H and O–H groups in total. The van der Waals surface area contributed by atoms with E-state index in [1.165, 1.54) is 12.8 Å². The van der Waals surface area contributed by atoms with Gasteiger partial charge in [-0.3, -0.25) is 0 Å². The highest BCUT2D eigenvalue weighted by atomic mass is 19.2. The number of hydrogen-bond acceptors (Lipinski definition) is 1. The molecular weight excluding hydrogens is 275 g/mol. The summed E-state index contributed by atoms with van der Waals surface area (Å²) in [5.74, 6) is 0.998. The maximum absolute atomic E-state index is 15.1. The summed E-state index contributed by atoms with van der Waals surface area (Å²) in [4.78, 5) is 0. The van der Waals surface area contributed by atoms with Gasteiger partial charge in [-0.1, -0.05) is 41.0 Å². The van der Waals surface area contributed by atoms with E-state index in [1.807, 2.05) is 6.92 Å². The summed E-state index contributed by atoms with van der Waals surface area (Å²) >= 11 is 0. The summed E-state index contributed by atoms with van der Waals surface area (Å²) in [5, 5.41) is 10.6. The lowest BCUT2D eigenvalue weighted by Gasteiger charge is -2.59. The molecule has 128 valence electrons. The van der Waals surface area contributed by atoms with Gasteiger partial charge >= 0.3 is 0 Å². The highest BCUT2D eigenvalue weighted by Crippen LogP contribution is 2.62. The van der Waals surface area contributed by atoms with Crippen LogP contribution in [0.15, 0.2) is 0 Å². The summed E-state index contributed by atoms with van der Waals surface area (Å²) in [6, 6.07) is 0. The monoisotopic (exact) mass is 310 g/mol. The summed E-state index contributed by atoms with van der Waals surface area (Å²) in [6.07, 6.45) is 6.82. The van der Waals surface area contributed by atoms with Crippen molar-refractivity contribution in [3.63, 3.8) is 0 Å². The quantitative estimate of drug-likeness (QED) is 0.620. The van der Waals surface area contributed by atoms with Crippen LogP contribution >= 0.6 is 0 Å². The largest absolute Gasteiger partial charge is 0.361 e. The van der Waals surface area contributed by atoms with Crippen LogP contribution in [-0.2, 0) is 0 Å². The normalized spacial score (nSPS) is 55.0. The van der Waals surface area contributed by atoms with Gasteiger partial charge in [-0.15, -0.1) is 0 Å². The molecule has 0 radical (unpaired) electrons. The molecule has 3 aliphatic rings. The average Bonchev–Trinajstić information content (AvgIpc) is 2.41. The van der Waals surface area contributed by atoms with Gasteiger partial charge in [0.1, 0.15) is 0 Å². The molecule has 0 aromatic rings. The summed E-state index contributed by atoms with van der Waals surface area (Å²) in [6.45, 7) is 11.6. The maximum atomic E-state index is 15.1. The third kappa shape index (κ3) is 2.27. The van der Waals surface area contributed by atoms with Crippen molar-refractivity contribution >= 4 is 0 Å². The Hall–Kier alpha value is -0.110. The topological polar surface area (TPSA) is 20.2 Å². The Morgan fingerprint density at radius 2 is 1.50 bits per heavy atom. The summed E-state index contributed by atoms with van der Waals surface area (Å²) in [7, 11) is 0. The molecule has 1 unspecified atom stereocenters. The van der Waals surface area contributed by atoms with Crippen LogP contribution in [0.1, 0.15) is 79.6 Å². The van der Waals surface area contributed by atoms with Gasteiger partial charge in [0.15, 0.2) is 0 Å². The van der Waals surface area contributed by atoms with Gasteiger partial charge in [0.2, 0.25) is 5.85 Å². The lowest BCUT2D eigenvalue weighted by Crippen LogP contribution is -2.56. The van der Waals surface area contributed by atoms with Crippen LogP contribution in [0.25, 0.3) is 0 Å². The molecular formula is C20H35FO. The Bertz CT molecular complexity index is 429. The first-order chi connectivity index (χ1) is 10.1. The molecule has 2 heteroatoms. The molecule has 7 atom stereocenters. The Morgan fingerprint density at radius 3 is 2.18 bits per heavy atom. The Balaban J connectivity index is 1.98. The summed E-state index contributed by atoms with van der Waals surface area (Å²) < 4.78 is 15.1. The highest BCUT2D eigenvalue weighted by molar-refractivity contribution is 5.05. The lowest BCUT2D eigenvalue weighted by molar-refractivity contribution is -0.249. The Labute approximate surface area is 136 Å². The second kappa shape index (κ2) is 5.19. The van der Waals surface area contributed by atoms with Crippen LogP contribution in [0, 0.1) is 40.4 Å². The average molecular weight is 310 g/mol. The fourth-order valence-electron chi connectivity index (χ4n) is 6.60. The molecule has 3 saturated carbocycles. The van der Waals surface area contributed by atoms with Crippen molar-refractivity contribution in [2.24, 2.45) is 40.4 Å². The van der Waals surface area contributed by atoms with Crippen molar-refractivity contribution in [1.82, 2.24) is 0 Å². The van der Waals surface area contributed by atoms with E-state index in [0.717, 1.165) is 31.6 Å². The zero-order chi connectivity index (χ0) is 16.3. The predicted octanol–water partition coefficient (Wildman–Crippen LogP) is 5.57. The van der Waals surface area contributed by atoms with Crippen molar-refractivity contribution in [2.45, 2.75) is 85.4 Å². The number of halogens is 1. The minimum Gasteiger partial charge on any atom is -0.361 e. The molecule has 0 spiro atoms. The van der Waals surface area contributed by atoms with E-state index in [0.29, 0.717) is 35.5 Å². The highest BCUT2D eigenvalue weighted by Gasteiger charge is 2.59. The van der Waals surface area contributed by atoms with Gasteiger partial charge in [0.05, 0.1) is 0 Å². The number of alkyl halides is 1. The third-order valence-corrected chi connectivity index (χ3v) is 8.49. The van der Waals surface area contributed by atoms with Crippen LogP contribution in [0.3, 0.4) is 0 Å². The standard InChI is InChI=1S/C20H35FO/c1-13-6-7-15-12-17-14(2)8-11-20(21,22)19(17,5)10-9-16(13)18(15,3)4/h13-17,22H,6-12H2,1-5H3/t13-,14-,15+,16+,17-,19+,20?/m1/s1. The van der Waals surface area contributed by atoms with Crippen molar-refractivity contribution in [2.75, 3.05) is 0 Å². The van der Waals surface area contributed by atoms with Crippen molar-refractivity contribution in [3.8, 4) is 0 Å². The molecule has 1 nitrogen and oxygen atoms in total. The van der Waals surface area contributed by atoms with E-state index in [4.69, 9.17) is 0 Å². The van der Waals surface area contributed by atoms with E-state index < -0.39 is 11.3 Å². The summed E-state index contributed by atoms with van der Waals surface area (Å²) in [5.41, 5.74) is -0.181. The fourth-order valence-corrected chi connectivity index (χ4v) is 6.60. The number of aliphatic hydroxyl groups is 1.